The highest BCUT2D eigenvalue weighted by atomic mass is 32.2. The number of hydrogen-bond acceptors (Lipinski definition) is 4. The molecule has 0 radical (unpaired) electrons. The van der Waals surface area contributed by atoms with Crippen molar-refractivity contribution in [1.29, 1.82) is 0 Å². The third kappa shape index (κ3) is 3.29. The average molecular weight is 325 g/mol. The van der Waals surface area contributed by atoms with Crippen molar-refractivity contribution in [1.82, 2.24) is 5.32 Å². The second-order valence-corrected chi connectivity index (χ2v) is 7.04. The van der Waals surface area contributed by atoms with Gasteiger partial charge in [0.15, 0.2) is 5.60 Å². The number of rotatable bonds is 4. The zero-order chi connectivity index (χ0) is 15.6. The van der Waals surface area contributed by atoms with E-state index in [4.69, 9.17) is 4.74 Å². The van der Waals surface area contributed by atoms with Crippen LogP contribution in [0.25, 0.3) is 0 Å². The fourth-order valence-electron chi connectivity index (χ4n) is 2.99. The molecule has 0 bridgehead atoms. The van der Waals surface area contributed by atoms with Gasteiger partial charge in [-0.3, -0.25) is 4.79 Å². The highest BCUT2D eigenvalue weighted by Crippen LogP contribution is 2.34. The van der Waals surface area contributed by atoms with Gasteiger partial charge >= 0.3 is 0 Å². The van der Waals surface area contributed by atoms with E-state index in [0.29, 0.717) is 25.3 Å². The first-order valence-corrected chi connectivity index (χ1v) is 8.69. The van der Waals surface area contributed by atoms with Gasteiger partial charge in [-0.05, 0) is 36.3 Å². The van der Waals surface area contributed by atoms with E-state index in [2.05, 4.69) is 5.32 Å². The third-order valence-electron chi connectivity index (χ3n) is 4.36. The van der Waals surface area contributed by atoms with Crippen LogP contribution < -0.4 is 5.32 Å². The van der Waals surface area contributed by atoms with Gasteiger partial charge < -0.3 is 15.2 Å². The first-order valence-electron chi connectivity index (χ1n) is 7.54. The summed E-state index contributed by atoms with van der Waals surface area (Å²) in [7, 11) is 0. The number of thioether (sulfide) groups is 1. The lowest BCUT2D eigenvalue weighted by atomic mass is 9.94. The molecule has 1 amide bonds. The molecule has 2 fully saturated rings. The van der Waals surface area contributed by atoms with Gasteiger partial charge in [0.05, 0.1) is 6.10 Å². The predicted molar refractivity (Wildman–Crippen MR) is 83.1 cm³/mol. The summed E-state index contributed by atoms with van der Waals surface area (Å²) in [5.41, 5.74) is -0.302. The molecule has 1 aromatic carbocycles. The minimum atomic E-state index is -1.23. The Balaban J connectivity index is 1.59. The van der Waals surface area contributed by atoms with Crippen molar-refractivity contribution in [2.24, 2.45) is 5.92 Å². The summed E-state index contributed by atoms with van der Waals surface area (Å²) in [4.78, 5) is 12.1. The van der Waals surface area contributed by atoms with Gasteiger partial charge in [-0.1, -0.05) is 12.1 Å². The molecule has 2 aliphatic rings. The molecule has 3 atom stereocenters. The topological polar surface area (TPSA) is 58.6 Å². The highest BCUT2D eigenvalue weighted by molar-refractivity contribution is 7.99. The average Bonchev–Trinajstić information content (AvgIpc) is 3.15. The molecule has 2 heterocycles. The van der Waals surface area contributed by atoms with Gasteiger partial charge in [0.25, 0.3) is 5.91 Å². The number of amides is 1. The number of ether oxygens (including phenoxy) is 1. The van der Waals surface area contributed by atoms with Crippen LogP contribution in [0.5, 0.6) is 0 Å². The van der Waals surface area contributed by atoms with Crippen molar-refractivity contribution in [3.63, 3.8) is 0 Å². The molecule has 2 aliphatic heterocycles. The van der Waals surface area contributed by atoms with E-state index in [0.717, 1.165) is 17.7 Å². The lowest BCUT2D eigenvalue weighted by Crippen LogP contribution is -2.48. The summed E-state index contributed by atoms with van der Waals surface area (Å²) >= 11 is 1.60. The van der Waals surface area contributed by atoms with Crippen molar-refractivity contribution >= 4 is 17.7 Å². The van der Waals surface area contributed by atoms with Crippen LogP contribution in [0, 0.1) is 11.7 Å². The molecule has 2 saturated heterocycles. The molecular weight excluding hydrogens is 305 g/mol. The lowest BCUT2D eigenvalue weighted by Gasteiger charge is -2.23. The van der Waals surface area contributed by atoms with E-state index < -0.39 is 5.60 Å². The van der Waals surface area contributed by atoms with Gasteiger partial charge in [-0.15, -0.1) is 0 Å². The van der Waals surface area contributed by atoms with Crippen LogP contribution in [0.1, 0.15) is 24.5 Å². The van der Waals surface area contributed by atoms with Crippen molar-refractivity contribution in [3.8, 4) is 0 Å². The Morgan fingerprint density at radius 1 is 1.45 bits per heavy atom. The summed E-state index contributed by atoms with van der Waals surface area (Å²) in [6.45, 7) is 1.09. The molecule has 1 aromatic rings. The Labute approximate surface area is 133 Å². The van der Waals surface area contributed by atoms with Crippen molar-refractivity contribution in [3.05, 3.63) is 35.6 Å². The zero-order valence-corrected chi connectivity index (χ0v) is 13.1. The number of aliphatic hydroxyl groups is 1. The van der Waals surface area contributed by atoms with Crippen LogP contribution in [-0.2, 0) is 9.53 Å². The highest BCUT2D eigenvalue weighted by Gasteiger charge is 2.40. The van der Waals surface area contributed by atoms with Crippen LogP contribution in [0.4, 0.5) is 4.39 Å². The largest absolute Gasteiger partial charge is 0.379 e. The molecule has 0 aliphatic carbocycles. The Morgan fingerprint density at radius 2 is 2.23 bits per heavy atom. The van der Waals surface area contributed by atoms with Gasteiger partial charge in [-0.25, -0.2) is 4.39 Å². The predicted octanol–water partition coefficient (Wildman–Crippen LogP) is 1.89. The summed E-state index contributed by atoms with van der Waals surface area (Å²) < 4.78 is 18.7. The summed E-state index contributed by atoms with van der Waals surface area (Å²) in [5, 5.41) is 13.1. The molecule has 22 heavy (non-hydrogen) atoms. The molecule has 0 aromatic heterocycles. The van der Waals surface area contributed by atoms with Crippen LogP contribution >= 0.6 is 11.8 Å². The molecule has 3 rings (SSSR count). The molecule has 4 nitrogen and oxygen atoms in total. The Morgan fingerprint density at radius 3 is 2.91 bits per heavy atom. The van der Waals surface area contributed by atoms with Crippen molar-refractivity contribution in [2.45, 2.75) is 24.5 Å². The fourth-order valence-corrected chi connectivity index (χ4v) is 4.22. The third-order valence-corrected chi connectivity index (χ3v) is 5.54. The van der Waals surface area contributed by atoms with E-state index in [-0.39, 0.29) is 23.7 Å². The molecule has 2 N–H and O–H groups in total. The monoisotopic (exact) mass is 325 g/mol. The van der Waals surface area contributed by atoms with Gasteiger partial charge in [0, 0.05) is 24.8 Å². The maximum absolute atomic E-state index is 13.0. The summed E-state index contributed by atoms with van der Waals surface area (Å²) in [6, 6.07) is 6.29. The molecule has 0 spiro atoms. The Kier molecular flexibility index (Phi) is 4.70. The quantitative estimate of drug-likeness (QED) is 0.887. The van der Waals surface area contributed by atoms with Crippen LogP contribution in [-0.4, -0.2) is 41.3 Å². The van der Waals surface area contributed by atoms with Crippen LogP contribution in [0.15, 0.2) is 24.3 Å². The second kappa shape index (κ2) is 6.56. The van der Waals surface area contributed by atoms with Gasteiger partial charge in [-0.2, -0.15) is 11.8 Å². The van der Waals surface area contributed by atoms with E-state index in [1.54, 1.807) is 23.9 Å². The van der Waals surface area contributed by atoms with E-state index >= 15 is 0 Å². The first kappa shape index (κ1) is 15.8. The van der Waals surface area contributed by atoms with Crippen molar-refractivity contribution in [2.75, 3.05) is 24.7 Å². The van der Waals surface area contributed by atoms with Gasteiger partial charge in [0.2, 0.25) is 0 Å². The molecule has 6 heteroatoms. The minimum absolute atomic E-state index is 0.131. The van der Waals surface area contributed by atoms with E-state index in [9.17, 15) is 14.3 Å². The Hall–Kier alpha value is -1.11. The normalized spacial score (nSPS) is 31.4. The molecule has 0 saturated carbocycles. The standard InChI is InChI=1S/C16H20FNO3S/c17-13-3-1-11(2-4-13)14-12(5-7-21-14)9-18-15(19)16(20)6-8-22-10-16/h1-4,12,14,20H,5-10H2,(H,18,19)/t12-,14-,16?/m0/s1. The minimum Gasteiger partial charge on any atom is -0.379 e. The maximum Gasteiger partial charge on any atom is 0.252 e. The van der Waals surface area contributed by atoms with Gasteiger partial charge in [0.1, 0.15) is 5.82 Å². The van der Waals surface area contributed by atoms with Crippen LogP contribution in [0.2, 0.25) is 0 Å². The zero-order valence-electron chi connectivity index (χ0n) is 12.3. The SMILES string of the molecule is O=C(NC[C@@H]1CCO[C@H]1c1ccc(F)cc1)C1(O)CCSC1. The number of carbonyl (C=O) groups is 1. The Bertz CT molecular complexity index is 531. The van der Waals surface area contributed by atoms with E-state index in [1.165, 1.54) is 12.1 Å². The maximum atomic E-state index is 13.0. The molecular formula is C16H20FNO3S. The second-order valence-electron chi connectivity index (χ2n) is 5.94. The number of nitrogens with one attached hydrogen (secondary N) is 1. The molecule has 1 unspecified atom stereocenters. The lowest BCUT2D eigenvalue weighted by molar-refractivity contribution is -0.137. The summed E-state index contributed by atoms with van der Waals surface area (Å²) in [5.74, 6) is 0.859. The summed E-state index contributed by atoms with van der Waals surface area (Å²) in [6.07, 6.45) is 1.22. The first-order chi connectivity index (χ1) is 10.6. The number of hydrogen-bond donors (Lipinski definition) is 2. The van der Waals surface area contributed by atoms with Crippen molar-refractivity contribution < 1.29 is 19.0 Å². The van der Waals surface area contributed by atoms with Crippen LogP contribution in [0.3, 0.4) is 0 Å². The van der Waals surface area contributed by atoms with E-state index in [1.807, 2.05) is 0 Å². The number of benzene rings is 1. The fraction of sp³-hybridized carbons (Fsp3) is 0.562. The number of carbonyl (C=O) groups excluding carboxylic acids is 1. The number of halogens is 1. The smallest absolute Gasteiger partial charge is 0.252 e. The molecule has 120 valence electrons.